The van der Waals surface area contributed by atoms with E-state index in [1.165, 1.54) is 19.3 Å². The van der Waals surface area contributed by atoms with Gasteiger partial charge in [-0.15, -0.1) is 0 Å². The maximum atomic E-state index is 5.90. The summed E-state index contributed by atoms with van der Waals surface area (Å²) in [5.41, 5.74) is 0. The first-order valence-corrected chi connectivity index (χ1v) is 7.04. The Balaban J connectivity index is 2.06. The van der Waals surface area contributed by atoms with Gasteiger partial charge in [-0.3, -0.25) is 0 Å². The van der Waals surface area contributed by atoms with Gasteiger partial charge in [0.25, 0.3) is 0 Å². The maximum absolute atomic E-state index is 5.90. The third-order valence-electron chi connectivity index (χ3n) is 3.30. The Morgan fingerprint density at radius 3 is 2.68 bits per heavy atom. The second-order valence-corrected chi connectivity index (χ2v) is 4.75. The zero-order valence-electron chi connectivity index (χ0n) is 11.8. The molecule has 0 radical (unpaired) electrons. The molecule has 0 fully saturated rings. The minimum Gasteiger partial charge on any atom is -0.497 e. The maximum Gasteiger partial charge on any atom is 0.127 e. The molecule has 0 heterocycles. The van der Waals surface area contributed by atoms with Gasteiger partial charge < -0.3 is 9.47 Å². The molecule has 2 nitrogen and oxygen atoms in total. The SMILES string of the molecule is CCCCCCOc1cccc2cc(OC)ccc12. The predicted octanol–water partition coefficient (Wildman–Crippen LogP) is 4.81. The van der Waals surface area contributed by atoms with Crippen molar-refractivity contribution in [1.29, 1.82) is 0 Å². The van der Waals surface area contributed by atoms with E-state index in [4.69, 9.17) is 9.47 Å². The number of ether oxygens (including phenoxy) is 2. The summed E-state index contributed by atoms with van der Waals surface area (Å²) in [6.45, 7) is 3.02. The van der Waals surface area contributed by atoms with E-state index in [0.717, 1.165) is 35.3 Å². The van der Waals surface area contributed by atoms with Gasteiger partial charge in [0.15, 0.2) is 0 Å². The van der Waals surface area contributed by atoms with Crippen LogP contribution in [0.4, 0.5) is 0 Å². The van der Waals surface area contributed by atoms with Crippen LogP contribution >= 0.6 is 0 Å². The second-order valence-electron chi connectivity index (χ2n) is 4.75. The van der Waals surface area contributed by atoms with E-state index in [0.29, 0.717) is 0 Å². The van der Waals surface area contributed by atoms with Gasteiger partial charge in [-0.2, -0.15) is 0 Å². The van der Waals surface area contributed by atoms with Crippen molar-refractivity contribution in [3.8, 4) is 11.5 Å². The number of methoxy groups -OCH3 is 1. The molecule has 0 unspecified atom stereocenters. The molecule has 0 saturated heterocycles. The molecule has 0 atom stereocenters. The van der Waals surface area contributed by atoms with E-state index < -0.39 is 0 Å². The van der Waals surface area contributed by atoms with E-state index in [2.05, 4.69) is 19.1 Å². The molecular weight excluding hydrogens is 236 g/mol. The van der Waals surface area contributed by atoms with Crippen molar-refractivity contribution in [1.82, 2.24) is 0 Å². The monoisotopic (exact) mass is 258 g/mol. The molecule has 0 spiro atoms. The van der Waals surface area contributed by atoms with Crippen molar-refractivity contribution in [2.24, 2.45) is 0 Å². The number of fused-ring (bicyclic) bond motifs is 1. The summed E-state index contributed by atoms with van der Waals surface area (Å²) < 4.78 is 11.1. The molecular formula is C17H22O2. The first-order chi connectivity index (χ1) is 9.35. The van der Waals surface area contributed by atoms with Gasteiger partial charge in [-0.05, 0) is 36.1 Å². The highest BCUT2D eigenvalue weighted by molar-refractivity contribution is 5.89. The van der Waals surface area contributed by atoms with Crippen molar-refractivity contribution in [2.45, 2.75) is 32.6 Å². The van der Waals surface area contributed by atoms with Gasteiger partial charge in [0, 0.05) is 5.39 Å². The normalized spacial score (nSPS) is 10.6. The molecule has 0 aliphatic heterocycles. The molecule has 2 aromatic carbocycles. The highest BCUT2D eigenvalue weighted by Crippen LogP contribution is 2.28. The van der Waals surface area contributed by atoms with E-state index >= 15 is 0 Å². The zero-order chi connectivity index (χ0) is 13.5. The van der Waals surface area contributed by atoms with Crippen LogP contribution in [0.2, 0.25) is 0 Å². The quantitative estimate of drug-likeness (QED) is 0.664. The molecule has 2 aromatic rings. The third-order valence-corrected chi connectivity index (χ3v) is 3.30. The van der Waals surface area contributed by atoms with Crippen LogP contribution in [0, 0.1) is 0 Å². The summed E-state index contributed by atoms with van der Waals surface area (Å²) in [5, 5.41) is 2.31. The van der Waals surface area contributed by atoms with Crippen LogP contribution in [-0.4, -0.2) is 13.7 Å². The Kier molecular flexibility index (Phi) is 5.08. The number of hydrogen-bond donors (Lipinski definition) is 0. The van der Waals surface area contributed by atoms with Crippen molar-refractivity contribution in [3.63, 3.8) is 0 Å². The lowest BCUT2D eigenvalue weighted by atomic mass is 10.1. The Morgan fingerprint density at radius 2 is 1.89 bits per heavy atom. The average Bonchev–Trinajstić information content (AvgIpc) is 2.46. The lowest BCUT2D eigenvalue weighted by molar-refractivity contribution is 0.308. The van der Waals surface area contributed by atoms with Crippen LogP contribution in [-0.2, 0) is 0 Å². The lowest BCUT2D eigenvalue weighted by Crippen LogP contribution is -1.97. The van der Waals surface area contributed by atoms with Crippen molar-refractivity contribution in [3.05, 3.63) is 36.4 Å². The van der Waals surface area contributed by atoms with Crippen molar-refractivity contribution >= 4 is 10.8 Å². The van der Waals surface area contributed by atoms with E-state index in [-0.39, 0.29) is 0 Å². The molecule has 19 heavy (non-hydrogen) atoms. The van der Waals surface area contributed by atoms with E-state index in [1.807, 2.05) is 24.3 Å². The Labute approximate surface area is 115 Å². The van der Waals surface area contributed by atoms with E-state index in [1.54, 1.807) is 7.11 Å². The topological polar surface area (TPSA) is 18.5 Å². The van der Waals surface area contributed by atoms with Crippen molar-refractivity contribution < 1.29 is 9.47 Å². The number of rotatable bonds is 7. The number of benzene rings is 2. The average molecular weight is 258 g/mol. The van der Waals surface area contributed by atoms with Gasteiger partial charge in [-0.25, -0.2) is 0 Å². The Hall–Kier alpha value is -1.70. The molecule has 2 heteroatoms. The third kappa shape index (κ3) is 3.63. The predicted molar refractivity (Wildman–Crippen MR) is 80.1 cm³/mol. The van der Waals surface area contributed by atoms with Gasteiger partial charge >= 0.3 is 0 Å². The fraction of sp³-hybridized carbons (Fsp3) is 0.412. The van der Waals surface area contributed by atoms with Crippen LogP contribution < -0.4 is 9.47 Å². The summed E-state index contributed by atoms with van der Waals surface area (Å²) in [4.78, 5) is 0. The van der Waals surface area contributed by atoms with Gasteiger partial charge in [0.05, 0.1) is 13.7 Å². The van der Waals surface area contributed by atoms with Gasteiger partial charge in [-0.1, -0.05) is 38.3 Å². The standard InChI is InChI=1S/C17H22O2/c1-3-4-5-6-12-19-17-9-7-8-14-13-15(18-2)10-11-16(14)17/h7-11,13H,3-6,12H2,1-2H3. The minimum atomic E-state index is 0.797. The Bertz CT molecular complexity index is 520. The summed E-state index contributed by atoms with van der Waals surface area (Å²) in [6.07, 6.45) is 4.92. The fourth-order valence-corrected chi connectivity index (χ4v) is 2.20. The lowest BCUT2D eigenvalue weighted by Gasteiger charge is -2.10. The molecule has 0 aromatic heterocycles. The first kappa shape index (κ1) is 13.7. The zero-order valence-corrected chi connectivity index (χ0v) is 11.8. The molecule has 2 rings (SSSR count). The van der Waals surface area contributed by atoms with Crippen LogP contribution in [0.3, 0.4) is 0 Å². The Morgan fingerprint density at radius 1 is 1.00 bits per heavy atom. The molecule has 102 valence electrons. The van der Waals surface area contributed by atoms with Crippen molar-refractivity contribution in [2.75, 3.05) is 13.7 Å². The van der Waals surface area contributed by atoms with E-state index in [9.17, 15) is 0 Å². The summed E-state index contributed by atoms with van der Waals surface area (Å²) in [5.74, 6) is 1.85. The smallest absolute Gasteiger partial charge is 0.127 e. The number of hydrogen-bond acceptors (Lipinski definition) is 2. The van der Waals surface area contributed by atoms with Crippen LogP contribution in [0.5, 0.6) is 11.5 Å². The van der Waals surface area contributed by atoms with Gasteiger partial charge in [0.1, 0.15) is 11.5 Å². The molecule has 0 aliphatic carbocycles. The summed E-state index contributed by atoms with van der Waals surface area (Å²) >= 11 is 0. The van der Waals surface area contributed by atoms with Crippen LogP contribution in [0.1, 0.15) is 32.6 Å². The molecule has 0 N–H and O–H groups in total. The highest BCUT2D eigenvalue weighted by Gasteiger charge is 2.03. The van der Waals surface area contributed by atoms with Crippen LogP contribution in [0.25, 0.3) is 10.8 Å². The summed E-state index contributed by atoms with van der Waals surface area (Å²) in [7, 11) is 1.69. The molecule has 0 bridgehead atoms. The first-order valence-electron chi connectivity index (χ1n) is 7.04. The largest absolute Gasteiger partial charge is 0.497 e. The molecule has 0 amide bonds. The highest BCUT2D eigenvalue weighted by atomic mass is 16.5. The second kappa shape index (κ2) is 7.03. The molecule has 0 saturated carbocycles. The van der Waals surface area contributed by atoms with Gasteiger partial charge in [0.2, 0.25) is 0 Å². The molecule has 0 aliphatic rings. The number of unbranched alkanes of at least 4 members (excludes halogenated alkanes) is 3. The van der Waals surface area contributed by atoms with Crippen LogP contribution in [0.15, 0.2) is 36.4 Å². The minimum absolute atomic E-state index is 0.797. The summed E-state index contributed by atoms with van der Waals surface area (Å²) in [6, 6.07) is 12.2. The fourth-order valence-electron chi connectivity index (χ4n) is 2.20.